The Bertz CT molecular complexity index is 875. The molecule has 0 aliphatic heterocycles. The molecule has 106 valence electrons. The fourth-order valence-corrected chi connectivity index (χ4v) is 2.42. The molecule has 0 unspecified atom stereocenters. The van der Waals surface area contributed by atoms with Crippen molar-refractivity contribution < 1.29 is 4.92 Å². The summed E-state index contributed by atoms with van der Waals surface area (Å²) >= 11 is 0. The summed E-state index contributed by atoms with van der Waals surface area (Å²) in [5.74, 6) is 0. The number of para-hydroxylation sites is 2. The van der Waals surface area contributed by atoms with Gasteiger partial charge in [0.15, 0.2) is 0 Å². The number of hydrogen-bond donors (Lipinski definition) is 0. The van der Waals surface area contributed by atoms with Gasteiger partial charge in [-0.25, -0.2) is 4.79 Å². The molecule has 6 heteroatoms. The van der Waals surface area contributed by atoms with E-state index in [9.17, 15) is 14.9 Å². The number of nitro groups is 1. The number of hydrogen-bond acceptors (Lipinski definition) is 3. The molecule has 1 heterocycles. The molecule has 3 rings (SSSR count). The van der Waals surface area contributed by atoms with Gasteiger partial charge in [-0.2, -0.15) is 0 Å². The quantitative estimate of drug-likeness (QED) is 0.547. The number of nitro benzene ring substituents is 1. The lowest BCUT2D eigenvalue weighted by Crippen LogP contribution is -2.22. The Morgan fingerprint density at radius 3 is 2.29 bits per heavy atom. The fraction of sp³-hybridized carbons (Fsp3) is 0.133. The number of aryl methyl sites for hydroxylation is 1. The Hall–Kier alpha value is -2.89. The molecular formula is C15H13N3O3. The van der Waals surface area contributed by atoms with Crippen molar-refractivity contribution in [3.05, 3.63) is 74.7 Å². The molecule has 0 saturated carbocycles. The minimum atomic E-state index is -0.437. The molecule has 0 N–H and O–H groups in total. The number of benzene rings is 2. The summed E-state index contributed by atoms with van der Waals surface area (Å²) in [6, 6.07) is 13.8. The highest BCUT2D eigenvalue weighted by atomic mass is 16.6. The molecule has 6 nitrogen and oxygen atoms in total. The molecule has 0 bridgehead atoms. The Kier molecular flexibility index (Phi) is 3.06. The number of rotatable bonds is 3. The van der Waals surface area contributed by atoms with Crippen LogP contribution in [0.3, 0.4) is 0 Å². The van der Waals surface area contributed by atoms with Crippen LogP contribution >= 0.6 is 0 Å². The average Bonchev–Trinajstić information content (AvgIpc) is 2.73. The van der Waals surface area contributed by atoms with Gasteiger partial charge in [-0.05, 0) is 17.7 Å². The number of non-ortho nitro benzene ring substituents is 1. The SMILES string of the molecule is Cn1c(=O)n(Cc2ccc([N+](=O)[O-])cc2)c2ccccc21. The van der Waals surface area contributed by atoms with E-state index in [2.05, 4.69) is 0 Å². The first-order valence-electron chi connectivity index (χ1n) is 6.45. The van der Waals surface area contributed by atoms with Crippen LogP contribution in [0.4, 0.5) is 5.69 Å². The van der Waals surface area contributed by atoms with Crippen molar-refractivity contribution in [2.75, 3.05) is 0 Å². The van der Waals surface area contributed by atoms with Crippen LogP contribution in [0.1, 0.15) is 5.56 Å². The van der Waals surface area contributed by atoms with E-state index in [1.54, 1.807) is 28.3 Å². The van der Waals surface area contributed by atoms with Crippen molar-refractivity contribution in [2.45, 2.75) is 6.54 Å². The third-order valence-corrected chi connectivity index (χ3v) is 3.54. The maximum Gasteiger partial charge on any atom is 0.329 e. The van der Waals surface area contributed by atoms with Gasteiger partial charge < -0.3 is 0 Å². The lowest BCUT2D eigenvalue weighted by molar-refractivity contribution is -0.384. The lowest BCUT2D eigenvalue weighted by Gasteiger charge is -2.03. The second kappa shape index (κ2) is 4.90. The Morgan fingerprint density at radius 1 is 1.05 bits per heavy atom. The van der Waals surface area contributed by atoms with E-state index in [0.29, 0.717) is 6.54 Å². The van der Waals surface area contributed by atoms with E-state index in [1.165, 1.54) is 12.1 Å². The summed E-state index contributed by atoms with van der Waals surface area (Å²) in [5.41, 5.74) is 2.50. The molecule has 0 saturated heterocycles. The first-order valence-corrected chi connectivity index (χ1v) is 6.45. The van der Waals surface area contributed by atoms with E-state index in [-0.39, 0.29) is 11.4 Å². The smallest absolute Gasteiger partial charge is 0.295 e. The highest BCUT2D eigenvalue weighted by Crippen LogP contribution is 2.16. The molecule has 0 aliphatic carbocycles. The molecule has 0 radical (unpaired) electrons. The highest BCUT2D eigenvalue weighted by Gasteiger charge is 2.11. The molecule has 0 spiro atoms. The maximum absolute atomic E-state index is 12.3. The Balaban J connectivity index is 2.04. The van der Waals surface area contributed by atoms with E-state index in [0.717, 1.165) is 16.6 Å². The molecule has 1 aromatic heterocycles. The van der Waals surface area contributed by atoms with Gasteiger partial charge in [-0.1, -0.05) is 24.3 Å². The number of imidazole rings is 1. The van der Waals surface area contributed by atoms with Gasteiger partial charge in [-0.3, -0.25) is 19.2 Å². The van der Waals surface area contributed by atoms with Crippen molar-refractivity contribution in [1.29, 1.82) is 0 Å². The molecular weight excluding hydrogens is 270 g/mol. The first kappa shape index (κ1) is 13.1. The Morgan fingerprint density at radius 2 is 1.67 bits per heavy atom. The van der Waals surface area contributed by atoms with E-state index in [4.69, 9.17) is 0 Å². The van der Waals surface area contributed by atoms with Gasteiger partial charge in [0.25, 0.3) is 5.69 Å². The third-order valence-electron chi connectivity index (χ3n) is 3.54. The van der Waals surface area contributed by atoms with Gasteiger partial charge in [-0.15, -0.1) is 0 Å². The van der Waals surface area contributed by atoms with Crippen molar-refractivity contribution in [3.8, 4) is 0 Å². The fourth-order valence-electron chi connectivity index (χ4n) is 2.42. The largest absolute Gasteiger partial charge is 0.329 e. The minimum Gasteiger partial charge on any atom is -0.295 e. The molecule has 0 aliphatic rings. The summed E-state index contributed by atoms with van der Waals surface area (Å²) in [7, 11) is 1.73. The number of aromatic nitrogens is 2. The van der Waals surface area contributed by atoms with Crippen LogP contribution in [0.25, 0.3) is 11.0 Å². The van der Waals surface area contributed by atoms with Crippen LogP contribution in [-0.4, -0.2) is 14.1 Å². The first-order chi connectivity index (χ1) is 10.1. The summed E-state index contributed by atoms with van der Waals surface area (Å²) in [5, 5.41) is 10.6. The van der Waals surface area contributed by atoms with E-state index < -0.39 is 4.92 Å². The van der Waals surface area contributed by atoms with Crippen molar-refractivity contribution in [1.82, 2.24) is 9.13 Å². The van der Waals surface area contributed by atoms with Gasteiger partial charge in [0.1, 0.15) is 0 Å². The van der Waals surface area contributed by atoms with Crippen molar-refractivity contribution in [3.63, 3.8) is 0 Å². The van der Waals surface area contributed by atoms with Gasteiger partial charge in [0, 0.05) is 19.2 Å². The molecule has 21 heavy (non-hydrogen) atoms. The molecule has 0 fully saturated rings. The molecule has 3 aromatic rings. The second-order valence-electron chi connectivity index (χ2n) is 4.84. The molecule has 0 atom stereocenters. The standard InChI is InChI=1S/C15H13N3O3/c1-16-13-4-2-3-5-14(13)17(15(16)19)10-11-6-8-12(9-7-11)18(20)21/h2-9H,10H2,1H3. The third kappa shape index (κ3) is 2.20. The van der Waals surface area contributed by atoms with Crippen LogP contribution in [0.15, 0.2) is 53.3 Å². The monoisotopic (exact) mass is 283 g/mol. The average molecular weight is 283 g/mol. The summed E-state index contributed by atoms with van der Waals surface area (Å²) in [6.07, 6.45) is 0. The van der Waals surface area contributed by atoms with Crippen LogP contribution in [0.2, 0.25) is 0 Å². The predicted octanol–water partition coefficient (Wildman–Crippen LogP) is 2.30. The number of nitrogens with zero attached hydrogens (tertiary/aromatic N) is 3. The molecule has 2 aromatic carbocycles. The topological polar surface area (TPSA) is 70.1 Å². The van der Waals surface area contributed by atoms with Crippen LogP contribution < -0.4 is 5.69 Å². The van der Waals surface area contributed by atoms with E-state index in [1.807, 2.05) is 24.3 Å². The predicted molar refractivity (Wildman–Crippen MR) is 79.4 cm³/mol. The zero-order valence-corrected chi connectivity index (χ0v) is 11.4. The van der Waals surface area contributed by atoms with Crippen LogP contribution in [-0.2, 0) is 13.6 Å². The molecule has 0 amide bonds. The normalized spacial score (nSPS) is 10.9. The summed E-state index contributed by atoms with van der Waals surface area (Å²) in [4.78, 5) is 22.5. The van der Waals surface area contributed by atoms with Crippen LogP contribution in [0.5, 0.6) is 0 Å². The minimum absolute atomic E-state index is 0.0454. The summed E-state index contributed by atoms with van der Waals surface area (Å²) < 4.78 is 3.26. The number of fused-ring (bicyclic) bond motifs is 1. The van der Waals surface area contributed by atoms with Crippen LogP contribution in [0, 0.1) is 10.1 Å². The highest BCUT2D eigenvalue weighted by molar-refractivity contribution is 5.75. The summed E-state index contributed by atoms with van der Waals surface area (Å²) in [6.45, 7) is 0.387. The van der Waals surface area contributed by atoms with Gasteiger partial charge in [0.05, 0.1) is 22.5 Å². The maximum atomic E-state index is 12.3. The van der Waals surface area contributed by atoms with Crippen molar-refractivity contribution >= 4 is 16.7 Å². The van der Waals surface area contributed by atoms with Gasteiger partial charge in [0.2, 0.25) is 0 Å². The van der Waals surface area contributed by atoms with E-state index >= 15 is 0 Å². The Labute approximate surface area is 120 Å². The zero-order valence-electron chi connectivity index (χ0n) is 11.4. The van der Waals surface area contributed by atoms with Gasteiger partial charge >= 0.3 is 5.69 Å². The lowest BCUT2D eigenvalue weighted by atomic mass is 10.2. The second-order valence-corrected chi connectivity index (χ2v) is 4.84. The zero-order chi connectivity index (χ0) is 15.0. The van der Waals surface area contributed by atoms with Crippen molar-refractivity contribution in [2.24, 2.45) is 7.05 Å².